The molecular formula is C12H14N2O3S. The Labute approximate surface area is 109 Å². The molecule has 0 spiro atoms. The van der Waals surface area contributed by atoms with Crippen molar-refractivity contribution in [2.45, 2.75) is 26.7 Å². The monoisotopic (exact) mass is 266 g/mol. The van der Waals surface area contributed by atoms with E-state index in [4.69, 9.17) is 9.15 Å². The zero-order valence-electron chi connectivity index (χ0n) is 10.5. The number of ether oxygens (including phenoxy) is 1. The van der Waals surface area contributed by atoms with Crippen molar-refractivity contribution in [3.8, 4) is 10.8 Å². The molecule has 0 amide bonds. The Morgan fingerprint density at radius 2 is 2.33 bits per heavy atom. The Balaban J connectivity index is 2.42. The molecule has 2 aromatic heterocycles. The van der Waals surface area contributed by atoms with Crippen molar-refractivity contribution in [1.82, 2.24) is 9.97 Å². The highest BCUT2D eigenvalue weighted by molar-refractivity contribution is 7.13. The summed E-state index contributed by atoms with van der Waals surface area (Å²) in [5.41, 5.74) is 2.32. The molecule has 0 aromatic carbocycles. The average Bonchev–Trinajstić information content (AvgIpc) is 2.98. The smallest absolute Gasteiger partial charge is 0.376 e. The highest BCUT2D eigenvalue weighted by Gasteiger charge is 2.24. The van der Waals surface area contributed by atoms with Crippen molar-refractivity contribution in [2.24, 2.45) is 0 Å². The minimum atomic E-state index is -0.468. The van der Waals surface area contributed by atoms with E-state index < -0.39 is 5.97 Å². The first-order chi connectivity index (χ1) is 8.63. The molecule has 6 heteroatoms. The maximum atomic E-state index is 11.8. The van der Waals surface area contributed by atoms with Gasteiger partial charge in [0.15, 0.2) is 0 Å². The van der Waals surface area contributed by atoms with Crippen LogP contribution in [0.4, 0.5) is 0 Å². The third-order valence-corrected chi connectivity index (χ3v) is 3.07. The normalized spacial score (nSPS) is 10.9. The van der Waals surface area contributed by atoms with Gasteiger partial charge in [-0.05, 0) is 12.8 Å². The number of esters is 1. The molecule has 18 heavy (non-hydrogen) atoms. The van der Waals surface area contributed by atoms with Crippen molar-refractivity contribution < 1.29 is 13.9 Å². The molecule has 0 radical (unpaired) electrons. The Bertz CT molecular complexity index is 532. The molecule has 5 nitrogen and oxygen atoms in total. The van der Waals surface area contributed by atoms with Gasteiger partial charge in [0.2, 0.25) is 11.7 Å². The lowest BCUT2D eigenvalue weighted by atomic mass is 10.1. The second-order valence-electron chi connectivity index (χ2n) is 3.97. The molecule has 96 valence electrons. The van der Waals surface area contributed by atoms with Crippen LogP contribution in [0.5, 0.6) is 0 Å². The maximum absolute atomic E-state index is 11.8. The Morgan fingerprint density at radius 3 is 2.89 bits per heavy atom. The van der Waals surface area contributed by atoms with E-state index in [1.807, 2.05) is 13.8 Å². The number of carbonyl (C=O) groups is 1. The van der Waals surface area contributed by atoms with Gasteiger partial charge in [0.25, 0.3) is 0 Å². The van der Waals surface area contributed by atoms with E-state index in [0.29, 0.717) is 18.2 Å². The molecule has 0 bridgehead atoms. The summed E-state index contributed by atoms with van der Waals surface area (Å²) in [7, 11) is 0. The van der Waals surface area contributed by atoms with E-state index >= 15 is 0 Å². The van der Waals surface area contributed by atoms with Gasteiger partial charge < -0.3 is 9.15 Å². The van der Waals surface area contributed by atoms with Crippen LogP contribution in [0.15, 0.2) is 16.1 Å². The Morgan fingerprint density at radius 1 is 1.56 bits per heavy atom. The lowest BCUT2D eigenvalue weighted by molar-refractivity contribution is 0.0489. The largest absolute Gasteiger partial charge is 0.460 e. The van der Waals surface area contributed by atoms with E-state index in [1.54, 1.807) is 18.6 Å². The maximum Gasteiger partial charge on any atom is 0.376 e. The number of rotatable bonds is 4. The Hall–Kier alpha value is -1.69. The third kappa shape index (κ3) is 2.43. The van der Waals surface area contributed by atoms with Crippen LogP contribution in [0, 0.1) is 0 Å². The number of hydrogen-bond donors (Lipinski definition) is 0. The molecule has 2 aromatic rings. The summed E-state index contributed by atoms with van der Waals surface area (Å²) in [4.78, 5) is 20.9. The van der Waals surface area contributed by atoms with Crippen LogP contribution in [-0.4, -0.2) is 22.5 Å². The van der Waals surface area contributed by atoms with Crippen molar-refractivity contribution in [1.29, 1.82) is 0 Å². The van der Waals surface area contributed by atoms with E-state index in [9.17, 15) is 4.79 Å². The first-order valence-corrected chi connectivity index (χ1v) is 6.58. The topological polar surface area (TPSA) is 65.2 Å². The predicted octanol–water partition coefficient (Wildman–Crippen LogP) is 3.10. The number of hydrogen-bond acceptors (Lipinski definition) is 6. The Kier molecular flexibility index (Phi) is 3.76. The van der Waals surface area contributed by atoms with E-state index in [-0.39, 0.29) is 11.7 Å². The number of nitrogens with zero attached hydrogens (tertiary/aromatic N) is 2. The molecule has 0 unspecified atom stereocenters. The van der Waals surface area contributed by atoms with Crippen molar-refractivity contribution in [2.75, 3.05) is 6.61 Å². The van der Waals surface area contributed by atoms with Crippen LogP contribution in [0.1, 0.15) is 42.9 Å². The van der Waals surface area contributed by atoms with Crippen molar-refractivity contribution in [3.05, 3.63) is 23.2 Å². The highest BCUT2D eigenvalue weighted by atomic mass is 32.1. The second-order valence-corrected chi connectivity index (χ2v) is 4.86. The summed E-state index contributed by atoms with van der Waals surface area (Å²) in [5.74, 6) is 0.235. The van der Waals surface area contributed by atoms with Gasteiger partial charge in [0.05, 0.1) is 24.0 Å². The molecule has 0 saturated heterocycles. The first kappa shape index (κ1) is 12.8. The van der Waals surface area contributed by atoms with E-state index in [1.165, 1.54) is 11.3 Å². The fraction of sp³-hybridized carbons (Fsp3) is 0.417. The number of aromatic nitrogens is 2. The number of carbonyl (C=O) groups excluding carboxylic acids is 1. The average molecular weight is 266 g/mol. The van der Waals surface area contributed by atoms with Crippen molar-refractivity contribution >= 4 is 17.3 Å². The quantitative estimate of drug-likeness (QED) is 0.795. The van der Waals surface area contributed by atoms with Crippen LogP contribution >= 0.6 is 11.3 Å². The fourth-order valence-corrected chi connectivity index (χ4v) is 2.04. The predicted molar refractivity (Wildman–Crippen MR) is 67.7 cm³/mol. The molecule has 2 heterocycles. The first-order valence-electron chi connectivity index (χ1n) is 5.70. The summed E-state index contributed by atoms with van der Waals surface area (Å²) in [5, 5.41) is 0. The van der Waals surface area contributed by atoms with Gasteiger partial charge in [-0.2, -0.15) is 0 Å². The molecular weight excluding hydrogens is 252 g/mol. The standard InChI is InChI=1S/C12H14N2O3S/c1-4-16-12(15)10-9(7(2)3)14-11(17-10)8-5-13-6-18-8/h5-7H,4H2,1-3H3. The van der Waals surface area contributed by atoms with E-state index in [2.05, 4.69) is 9.97 Å². The molecule has 2 rings (SSSR count). The summed E-state index contributed by atoms with van der Waals surface area (Å²) >= 11 is 1.42. The second kappa shape index (κ2) is 5.30. The highest BCUT2D eigenvalue weighted by Crippen LogP contribution is 2.28. The molecule has 0 atom stereocenters. The van der Waals surface area contributed by atoms with Gasteiger partial charge in [-0.25, -0.2) is 9.78 Å². The lowest BCUT2D eigenvalue weighted by Crippen LogP contribution is -2.07. The SMILES string of the molecule is CCOC(=O)c1oc(-c2cncs2)nc1C(C)C. The molecule has 0 N–H and O–H groups in total. The van der Waals surface area contributed by atoms with Gasteiger partial charge in [-0.1, -0.05) is 13.8 Å². The lowest BCUT2D eigenvalue weighted by Gasteiger charge is -2.02. The number of thiazole rings is 1. The third-order valence-electron chi connectivity index (χ3n) is 2.30. The van der Waals surface area contributed by atoms with E-state index in [0.717, 1.165) is 4.88 Å². The summed E-state index contributed by atoms with van der Waals surface area (Å²) in [6.07, 6.45) is 1.66. The zero-order chi connectivity index (χ0) is 13.1. The van der Waals surface area contributed by atoms with Gasteiger partial charge in [0.1, 0.15) is 4.88 Å². The van der Waals surface area contributed by atoms with Crippen LogP contribution in [0.3, 0.4) is 0 Å². The summed E-state index contributed by atoms with van der Waals surface area (Å²) in [6.45, 7) is 5.98. The van der Waals surface area contributed by atoms with Crippen LogP contribution in [-0.2, 0) is 4.74 Å². The van der Waals surface area contributed by atoms with Gasteiger partial charge in [-0.15, -0.1) is 11.3 Å². The molecule has 0 fully saturated rings. The molecule has 0 aliphatic rings. The van der Waals surface area contributed by atoms with Crippen LogP contribution in [0.25, 0.3) is 10.8 Å². The van der Waals surface area contributed by atoms with Crippen LogP contribution < -0.4 is 0 Å². The molecule has 0 saturated carbocycles. The summed E-state index contributed by atoms with van der Waals surface area (Å²) < 4.78 is 10.5. The van der Waals surface area contributed by atoms with Gasteiger partial charge >= 0.3 is 5.97 Å². The zero-order valence-corrected chi connectivity index (χ0v) is 11.3. The minimum absolute atomic E-state index is 0.0924. The number of oxazole rings is 1. The van der Waals surface area contributed by atoms with Gasteiger partial charge in [0, 0.05) is 0 Å². The minimum Gasteiger partial charge on any atom is -0.460 e. The van der Waals surface area contributed by atoms with Crippen molar-refractivity contribution in [3.63, 3.8) is 0 Å². The molecule has 0 aliphatic carbocycles. The van der Waals surface area contributed by atoms with Gasteiger partial charge in [-0.3, -0.25) is 4.98 Å². The molecule has 0 aliphatic heterocycles. The summed E-state index contributed by atoms with van der Waals surface area (Å²) in [6, 6.07) is 0. The fourth-order valence-electron chi connectivity index (χ4n) is 1.49. The van der Waals surface area contributed by atoms with Crippen LogP contribution in [0.2, 0.25) is 0 Å².